The Morgan fingerprint density at radius 3 is 2.80 bits per heavy atom. The van der Waals surface area contributed by atoms with Crippen LogP contribution in [0.3, 0.4) is 0 Å². The van der Waals surface area contributed by atoms with Crippen LogP contribution in [0.4, 0.5) is 0 Å². The Balaban J connectivity index is 2.90. The fourth-order valence-corrected chi connectivity index (χ4v) is 1.20. The third-order valence-corrected chi connectivity index (χ3v) is 1.90. The molecule has 1 aromatic rings. The molecule has 1 N–H and O–H groups in total. The van der Waals surface area contributed by atoms with Crippen LogP contribution in [-0.4, -0.2) is 31.4 Å². The summed E-state index contributed by atoms with van der Waals surface area (Å²) in [5.41, 5.74) is 1.33. The smallest absolute Gasteiger partial charge is 0.342 e. The van der Waals surface area contributed by atoms with Crippen LogP contribution in [0.2, 0.25) is 0 Å². The first-order valence-corrected chi connectivity index (χ1v) is 4.61. The second-order valence-electron chi connectivity index (χ2n) is 3.06. The number of aliphatic hydroxyl groups excluding tert-OH is 1. The zero-order valence-corrected chi connectivity index (χ0v) is 8.82. The summed E-state index contributed by atoms with van der Waals surface area (Å²) in [5, 5.41) is 8.53. The van der Waals surface area contributed by atoms with Crippen molar-refractivity contribution in [1.82, 2.24) is 0 Å². The van der Waals surface area contributed by atoms with Crippen LogP contribution in [-0.2, 0) is 4.74 Å². The standard InChI is InChI=1S/C11H14O4/c1-8-3-4-10(14-2)9(7-8)11(13)15-6-5-12/h3-4,7,12H,5-6H2,1-2H3. The molecule has 0 aliphatic carbocycles. The molecule has 0 saturated heterocycles. The average molecular weight is 210 g/mol. The molecule has 4 heteroatoms. The second-order valence-corrected chi connectivity index (χ2v) is 3.06. The second kappa shape index (κ2) is 5.36. The molecular weight excluding hydrogens is 196 g/mol. The summed E-state index contributed by atoms with van der Waals surface area (Å²) in [7, 11) is 1.49. The number of aryl methyl sites for hydroxylation is 1. The molecule has 0 aliphatic rings. The van der Waals surface area contributed by atoms with E-state index in [0.29, 0.717) is 11.3 Å². The Morgan fingerprint density at radius 2 is 2.20 bits per heavy atom. The molecule has 0 radical (unpaired) electrons. The topological polar surface area (TPSA) is 55.8 Å². The van der Waals surface area contributed by atoms with E-state index in [1.54, 1.807) is 12.1 Å². The van der Waals surface area contributed by atoms with Gasteiger partial charge in [0.05, 0.1) is 13.7 Å². The van der Waals surface area contributed by atoms with Gasteiger partial charge in [0.25, 0.3) is 0 Å². The molecule has 0 spiro atoms. The van der Waals surface area contributed by atoms with E-state index in [4.69, 9.17) is 14.6 Å². The normalized spacial score (nSPS) is 9.80. The lowest BCUT2D eigenvalue weighted by atomic mass is 10.1. The number of hydrogen-bond donors (Lipinski definition) is 1. The molecule has 0 fully saturated rings. The Bertz CT molecular complexity index is 346. The number of rotatable bonds is 4. The maximum Gasteiger partial charge on any atom is 0.342 e. The summed E-state index contributed by atoms with van der Waals surface area (Å²) < 4.78 is 9.84. The minimum atomic E-state index is -0.482. The van der Waals surface area contributed by atoms with Gasteiger partial charge in [0.15, 0.2) is 0 Å². The number of carbonyl (C=O) groups excluding carboxylic acids is 1. The van der Waals surface area contributed by atoms with E-state index in [-0.39, 0.29) is 13.2 Å². The van der Waals surface area contributed by atoms with Crippen LogP contribution in [0.25, 0.3) is 0 Å². The van der Waals surface area contributed by atoms with Gasteiger partial charge in [-0.15, -0.1) is 0 Å². The van der Waals surface area contributed by atoms with Gasteiger partial charge in [0.2, 0.25) is 0 Å². The van der Waals surface area contributed by atoms with Gasteiger partial charge >= 0.3 is 5.97 Å². The van der Waals surface area contributed by atoms with Gasteiger partial charge in [0.1, 0.15) is 17.9 Å². The summed E-state index contributed by atoms with van der Waals surface area (Å²) in [6.07, 6.45) is 0. The highest BCUT2D eigenvalue weighted by molar-refractivity contribution is 5.92. The third-order valence-electron chi connectivity index (χ3n) is 1.90. The molecule has 0 atom stereocenters. The summed E-state index contributed by atoms with van der Waals surface area (Å²) in [6, 6.07) is 5.26. The van der Waals surface area contributed by atoms with Gasteiger partial charge in [-0.2, -0.15) is 0 Å². The first-order valence-electron chi connectivity index (χ1n) is 4.61. The molecule has 0 heterocycles. The number of benzene rings is 1. The van der Waals surface area contributed by atoms with Crippen LogP contribution < -0.4 is 4.74 Å². The van der Waals surface area contributed by atoms with Crippen molar-refractivity contribution < 1.29 is 19.4 Å². The predicted octanol–water partition coefficient (Wildman–Crippen LogP) is 1.15. The Labute approximate surface area is 88.4 Å². The highest BCUT2D eigenvalue weighted by atomic mass is 16.5. The highest BCUT2D eigenvalue weighted by Gasteiger charge is 2.13. The maximum absolute atomic E-state index is 11.5. The van der Waals surface area contributed by atoms with E-state index in [0.717, 1.165) is 5.56 Å². The van der Waals surface area contributed by atoms with Gasteiger partial charge in [-0.3, -0.25) is 0 Å². The Morgan fingerprint density at radius 1 is 1.47 bits per heavy atom. The van der Waals surface area contributed by atoms with Crippen LogP contribution in [0, 0.1) is 6.92 Å². The van der Waals surface area contributed by atoms with Gasteiger partial charge in [0, 0.05) is 0 Å². The SMILES string of the molecule is COc1ccc(C)cc1C(=O)OCCO. The lowest BCUT2D eigenvalue weighted by molar-refractivity contribution is 0.0430. The zero-order chi connectivity index (χ0) is 11.3. The average Bonchev–Trinajstić information content (AvgIpc) is 2.25. The van der Waals surface area contributed by atoms with Crippen molar-refractivity contribution in [2.75, 3.05) is 20.3 Å². The van der Waals surface area contributed by atoms with Gasteiger partial charge in [-0.25, -0.2) is 4.79 Å². The number of carbonyl (C=O) groups is 1. The molecule has 0 bridgehead atoms. The van der Waals surface area contributed by atoms with Crippen molar-refractivity contribution in [2.24, 2.45) is 0 Å². The zero-order valence-electron chi connectivity index (χ0n) is 8.82. The maximum atomic E-state index is 11.5. The summed E-state index contributed by atoms with van der Waals surface area (Å²) in [6.45, 7) is 1.69. The Hall–Kier alpha value is -1.55. The van der Waals surface area contributed by atoms with Gasteiger partial charge in [-0.1, -0.05) is 11.6 Å². The lowest BCUT2D eigenvalue weighted by Gasteiger charge is -2.08. The molecule has 0 aliphatic heterocycles. The van der Waals surface area contributed by atoms with Crippen LogP contribution >= 0.6 is 0 Å². The fraction of sp³-hybridized carbons (Fsp3) is 0.364. The van der Waals surface area contributed by atoms with Crippen LogP contribution in [0.5, 0.6) is 5.75 Å². The summed E-state index contributed by atoms with van der Waals surface area (Å²) >= 11 is 0. The predicted molar refractivity (Wildman–Crippen MR) is 55.1 cm³/mol. The molecule has 1 rings (SSSR count). The van der Waals surface area contributed by atoms with E-state index in [2.05, 4.69) is 0 Å². The van der Waals surface area contributed by atoms with Crippen molar-refractivity contribution in [1.29, 1.82) is 0 Å². The van der Waals surface area contributed by atoms with Crippen LogP contribution in [0.15, 0.2) is 18.2 Å². The number of aliphatic hydroxyl groups is 1. The number of ether oxygens (including phenoxy) is 2. The first-order chi connectivity index (χ1) is 7.19. The van der Waals surface area contributed by atoms with Crippen molar-refractivity contribution in [3.05, 3.63) is 29.3 Å². The number of esters is 1. The molecule has 0 saturated carbocycles. The molecule has 4 nitrogen and oxygen atoms in total. The van der Waals surface area contributed by atoms with Crippen LogP contribution in [0.1, 0.15) is 15.9 Å². The van der Waals surface area contributed by atoms with E-state index in [9.17, 15) is 4.79 Å². The highest BCUT2D eigenvalue weighted by Crippen LogP contribution is 2.20. The lowest BCUT2D eigenvalue weighted by Crippen LogP contribution is -2.10. The van der Waals surface area contributed by atoms with Crippen molar-refractivity contribution >= 4 is 5.97 Å². The molecular formula is C11H14O4. The largest absolute Gasteiger partial charge is 0.496 e. The molecule has 15 heavy (non-hydrogen) atoms. The van der Waals surface area contributed by atoms with Gasteiger partial charge in [-0.05, 0) is 19.1 Å². The fourth-order valence-electron chi connectivity index (χ4n) is 1.20. The van der Waals surface area contributed by atoms with E-state index in [1.165, 1.54) is 7.11 Å². The summed E-state index contributed by atoms with van der Waals surface area (Å²) in [5.74, 6) is -0.00635. The van der Waals surface area contributed by atoms with Gasteiger partial charge < -0.3 is 14.6 Å². The molecule has 0 amide bonds. The Kier molecular flexibility index (Phi) is 4.12. The minimum Gasteiger partial charge on any atom is -0.496 e. The third kappa shape index (κ3) is 2.95. The number of methoxy groups -OCH3 is 1. The monoisotopic (exact) mass is 210 g/mol. The van der Waals surface area contributed by atoms with E-state index < -0.39 is 5.97 Å². The number of hydrogen-bond acceptors (Lipinski definition) is 4. The summed E-state index contributed by atoms with van der Waals surface area (Å²) in [4.78, 5) is 11.5. The molecule has 82 valence electrons. The first kappa shape index (κ1) is 11.5. The van der Waals surface area contributed by atoms with E-state index in [1.807, 2.05) is 13.0 Å². The van der Waals surface area contributed by atoms with Crippen molar-refractivity contribution in [3.8, 4) is 5.75 Å². The van der Waals surface area contributed by atoms with E-state index >= 15 is 0 Å². The molecule has 0 aromatic heterocycles. The van der Waals surface area contributed by atoms with Crippen molar-refractivity contribution in [3.63, 3.8) is 0 Å². The molecule has 1 aromatic carbocycles. The quantitative estimate of drug-likeness (QED) is 0.757. The van der Waals surface area contributed by atoms with Crippen molar-refractivity contribution in [2.45, 2.75) is 6.92 Å². The molecule has 0 unspecified atom stereocenters. The minimum absolute atomic E-state index is 0.00404.